The molecule has 2 aromatic carbocycles. The van der Waals surface area contributed by atoms with Crippen molar-refractivity contribution in [2.24, 2.45) is 4.99 Å². The quantitative estimate of drug-likeness (QED) is 0.576. The number of nitrogens with zero attached hydrogens (tertiary/aromatic N) is 1. The van der Waals surface area contributed by atoms with Crippen molar-refractivity contribution < 1.29 is 13.6 Å². The van der Waals surface area contributed by atoms with Crippen molar-refractivity contribution in [1.29, 1.82) is 0 Å². The standard InChI is InChI=1S/C18H20F2N4O/c1-12-9-13(3-8-16(12)20)10-22-18(21-2)23-11-17(25)24-15-6-4-14(19)5-7-15/h3-9H,10-11H2,1-2H3,(H,24,25)(H2,21,22,23). The van der Waals surface area contributed by atoms with Gasteiger partial charge in [0, 0.05) is 19.3 Å². The second kappa shape index (κ2) is 8.77. The molecule has 2 rings (SSSR count). The third-order valence-electron chi connectivity index (χ3n) is 3.45. The van der Waals surface area contributed by atoms with E-state index in [4.69, 9.17) is 0 Å². The summed E-state index contributed by atoms with van der Waals surface area (Å²) in [5.41, 5.74) is 1.98. The molecule has 132 valence electrons. The van der Waals surface area contributed by atoms with Gasteiger partial charge in [0.05, 0.1) is 6.54 Å². The Morgan fingerprint density at radius 2 is 1.80 bits per heavy atom. The summed E-state index contributed by atoms with van der Waals surface area (Å²) >= 11 is 0. The van der Waals surface area contributed by atoms with E-state index < -0.39 is 0 Å². The predicted molar refractivity (Wildman–Crippen MR) is 94.4 cm³/mol. The molecule has 0 atom stereocenters. The molecule has 25 heavy (non-hydrogen) atoms. The van der Waals surface area contributed by atoms with E-state index in [2.05, 4.69) is 20.9 Å². The normalized spacial score (nSPS) is 11.1. The fraction of sp³-hybridized carbons (Fsp3) is 0.222. The van der Waals surface area contributed by atoms with Gasteiger partial charge in [-0.3, -0.25) is 9.79 Å². The molecule has 1 amide bonds. The molecule has 0 fully saturated rings. The Morgan fingerprint density at radius 1 is 1.08 bits per heavy atom. The highest BCUT2D eigenvalue weighted by molar-refractivity contribution is 5.94. The molecule has 0 saturated heterocycles. The number of amides is 1. The highest BCUT2D eigenvalue weighted by Gasteiger charge is 2.05. The first-order valence-electron chi connectivity index (χ1n) is 7.73. The molecular weight excluding hydrogens is 326 g/mol. The van der Waals surface area contributed by atoms with E-state index >= 15 is 0 Å². The zero-order valence-electron chi connectivity index (χ0n) is 14.1. The van der Waals surface area contributed by atoms with Crippen LogP contribution in [0.2, 0.25) is 0 Å². The largest absolute Gasteiger partial charge is 0.352 e. The topological polar surface area (TPSA) is 65.5 Å². The zero-order valence-corrected chi connectivity index (χ0v) is 14.1. The second-order valence-corrected chi connectivity index (χ2v) is 5.42. The number of nitrogens with one attached hydrogen (secondary N) is 3. The summed E-state index contributed by atoms with van der Waals surface area (Å²) < 4.78 is 26.1. The maximum Gasteiger partial charge on any atom is 0.243 e. The fourth-order valence-electron chi connectivity index (χ4n) is 2.13. The Bertz CT molecular complexity index is 760. The van der Waals surface area contributed by atoms with Gasteiger partial charge in [-0.15, -0.1) is 0 Å². The highest BCUT2D eigenvalue weighted by atomic mass is 19.1. The van der Waals surface area contributed by atoms with Crippen LogP contribution in [0.3, 0.4) is 0 Å². The summed E-state index contributed by atoms with van der Waals surface area (Å²) in [5.74, 6) is -0.455. The van der Waals surface area contributed by atoms with E-state index in [1.165, 1.54) is 30.3 Å². The van der Waals surface area contributed by atoms with Gasteiger partial charge in [0.25, 0.3) is 0 Å². The van der Waals surface area contributed by atoms with Crippen LogP contribution in [0.4, 0.5) is 14.5 Å². The maximum atomic E-state index is 13.3. The van der Waals surface area contributed by atoms with Crippen molar-refractivity contribution in [3.63, 3.8) is 0 Å². The number of rotatable bonds is 5. The first kappa shape index (κ1) is 18.4. The number of anilines is 1. The molecule has 0 aliphatic rings. The molecule has 0 aliphatic carbocycles. The van der Waals surface area contributed by atoms with Crippen LogP contribution in [0.25, 0.3) is 0 Å². The Morgan fingerprint density at radius 3 is 2.44 bits per heavy atom. The number of benzene rings is 2. The van der Waals surface area contributed by atoms with E-state index in [0.717, 1.165) is 5.56 Å². The lowest BCUT2D eigenvalue weighted by atomic mass is 10.1. The number of aryl methyl sites for hydroxylation is 1. The minimum atomic E-state index is -0.364. The average Bonchev–Trinajstić information content (AvgIpc) is 2.60. The van der Waals surface area contributed by atoms with Gasteiger partial charge in [-0.05, 0) is 48.4 Å². The summed E-state index contributed by atoms with van der Waals surface area (Å²) in [7, 11) is 1.59. The van der Waals surface area contributed by atoms with Crippen molar-refractivity contribution in [3.05, 3.63) is 65.2 Å². The van der Waals surface area contributed by atoms with E-state index in [0.29, 0.717) is 23.8 Å². The number of guanidine groups is 1. The third kappa shape index (κ3) is 5.87. The first-order valence-corrected chi connectivity index (χ1v) is 7.73. The van der Waals surface area contributed by atoms with E-state index in [-0.39, 0.29) is 24.1 Å². The summed E-state index contributed by atoms with van der Waals surface area (Å²) in [4.78, 5) is 15.9. The molecule has 0 aliphatic heterocycles. The molecule has 5 nitrogen and oxygen atoms in total. The van der Waals surface area contributed by atoms with Gasteiger partial charge >= 0.3 is 0 Å². The van der Waals surface area contributed by atoms with Crippen molar-refractivity contribution in [2.75, 3.05) is 18.9 Å². The lowest BCUT2D eigenvalue weighted by molar-refractivity contribution is -0.115. The molecule has 0 saturated carbocycles. The Kier molecular flexibility index (Phi) is 6.45. The van der Waals surface area contributed by atoms with Crippen LogP contribution in [-0.4, -0.2) is 25.5 Å². The number of carbonyl (C=O) groups excluding carboxylic acids is 1. The number of hydrogen-bond donors (Lipinski definition) is 3. The molecule has 0 spiro atoms. The average molecular weight is 346 g/mol. The maximum absolute atomic E-state index is 13.3. The molecule has 0 unspecified atom stereocenters. The van der Waals surface area contributed by atoms with Gasteiger partial charge in [0.2, 0.25) is 5.91 Å². The number of aliphatic imine (C=N–C) groups is 1. The van der Waals surface area contributed by atoms with E-state index in [1.54, 1.807) is 26.1 Å². The summed E-state index contributed by atoms with van der Waals surface area (Å²) in [6.07, 6.45) is 0. The molecular formula is C18H20F2N4O. The molecule has 7 heteroatoms. The van der Waals surface area contributed by atoms with Crippen LogP contribution in [0.15, 0.2) is 47.5 Å². The van der Waals surface area contributed by atoms with Crippen molar-refractivity contribution in [2.45, 2.75) is 13.5 Å². The lowest BCUT2D eigenvalue weighted by Gasteiger charge is -2.12. The van der Waals surface area contributed by atoms with Crippen LogP contribution in [-0.2, 0) is 11.3 Å². The van der Waals surface area contributed by atoms with Gasteiger partial charge < -0.3 is 16.0 Å². The minimum Gasteiger partial charge on any atom is -0.352 e. The van der Waals surface area contributed by atoms with Gasteiger partial charge in [-0.2, -0.15) is 0 Å². The second-order valence-electron chi connectivity index (χ2n) is 5.42. The Balaban J connectivity index is 1.80. The van der Waals surface area contributed by atoms with Crippen molar-refractivity contribution in [3.8, 4) is 0 Å². The first-order chi connectivity index (χ1) is 12.0. The minimum absolute atomic E-state index is 0.000501. The van der Waals surface area contributed by atoms with Crippen LogP contribution < -0.4 is 16.0 Å². The van der Waals surface area contributed by atoms with Crippen LogP contribution in [0.5, 0.6) is 0 Å². The van der Waals surface area contributed by atoms with Crippen LogP contribution >= 0.6 is 0 Å². The third-order valence-corrected chi connectivity index (χ3v) is 3.45. The monoisotopic (exact) mass is 346 g/mol. The number of hydrogen-bond acceptors (Lipinski definition) is 2. The molecule has 0 aromatic heterocycles. The molecule has 3 N–H and O–H groups in total. The molecule has 0 radical (unpaired) electrons. The van der Waals surface area contributed by atoms with Crippen molar-refractivity contribution >= 4 is 17.6 Å². The number of halogens is 2. The SMILES string of the molecule is CN=C(NCC(=O)Nc1ccc(F)cc1)NCc1ccc(F)c(C)c1. The summed E-state index contributed by atoms with van der Waals surface area (Å²) in [6, 6.07) is 10.4. The van der Waals surface area contributed by atoms with Gasteiger partial charge in [-0.1, -0.05) is 12.1 Å². The van der Waals surface area contributed by atoms with Crippen molar-refractivity contribution in [1.82, 2.24) is 10.6 Å². The Hall–Kier alpha value is -2.96. The number of carbonyl (C=O) groups is 1. The molecule has 2 aromatic rings. The van der Waals surface area contributed by atoms with Gasteiger partial charge in [0.1, 0.15) is 11.6 Å². The summed E-state index contributed by atoms with van der Waals surface area (Å²) in [6.45, 7) is 2.14. The Labute approximate surface area is 145 Å². The molecule has 0 heterocycles. The lowest BCUT2D eigenvalue weighted by Crippen LogP contribution is -2.41. The van der Waals surface area contributed by atoms with E-state index in [9.17, 15) is 13.6 Å². The predicted octanol–water partition coefficient (Wildman–Crippen LogP) is 2.58. The summed E-state index contributed by atoms with van der Waals surface area (Å²) in [5, 5.41) is 8.57. The van der Waals surface area contributed by atoms with E-state index in [1.807, 2.05) is 0 Å². The molecule has 0 bridgehead atoms. The van der Waals surface area contributed by atoms with Gasteiger partial charge in [0.15, 0.2) is 5.96 Å². The van der Waals surface area contributed by atoms with Gasteiger partial charge in [-0.25, -0.2) is 8.78 Å². The fourth-order valence-corrected chi connectivity index (χ4v) is 2.13. The smallest absolute Gasteiger partial charge is 0.243 e. The van der Waals surface area contributed by atoms with Crippen LogP contribution in [0, 0.1) is 18.6 Å². The highest BCUT2D eigenvalue weighted by Crippen LogP contribution is 2.09. The van der Waals surface area contributed by atoms with Crippen LogP contribution in [0.1, 0.15) is 11.1 Å². The zero-order chi connectivity index (χ0) is 18.2.